The van der Waals surface area contributed by atoms with Gasteiger partial charge in [-0.1, -0.05) is 0 Å². The van der Waals surface area contributed by atoms with Crippen molar-refractivity contribution in [2.24, 2.45) is 5.18 Å². The van der Waals surface area contributed by atoms with Gasteiger partial charge in [-0.05, 0) is 5.18 Å². The smallest absolute Gasteiger partial charge is 0.344 e. The van der Waals surface area contributed by atoms with Crippen molar-refractivity contribution in [2.45, 2.75) is 24.9 Å². The highest BCUT2D eigenvalue weighted by atomic mass is 31.2. The molecule has 0 saturated carbocycles. The summed E-state index contributed by atoms with van der Waals surface area (Å²) < 4.78 is 30.3. The molecule has 1 aliphatic heterocycles. The molecule has 0 spiro atoms. The van der Waals surface area contributed by atoms with Crippen LogP contribution in [0.3, 0.4) is 0 Å². The standard InChI is InChI=1S/C7H14NO8P2/c1-13-18(2,12)14-4-6-5(16-17(10)11)3-7(8-9)15-6/h5-7,12H,3-4H2,1-2H3/q+1/p+1. The van der Waals surface area contributed by atoms with Crippen LogP contribution in [0, 0.1) is 4.91 Å². The van der Waals surface area contributed by atoms with E-state index in [9.17, 15) is 14.4 Å². The van der Waals surface area contributed by atoms with Crippen molar-refractivity contribution in [2.75, 3.05) is 20.4 Å². The lowest BCUT2D eigenvalue weighted by atomic mass is 10.2. The molecule has 1 aliphatic rings. The lowest BCUT2D eigenvalue weighted by molar-refractivity contribution is -0.0129. The summed E-state index contributed by atoms with van der Waals surface area (Å²) in [6.45, 7) is 1.24. The van der Waals surface area contributed by atoms with Gasteiger partial charge in [-0.2, -0.15) is 13.9 Å². The van der Waals surface area contributed by atoms with Gasteiger partial charge in [-0.25, -0.2) is 0 Å². The minimum absolute atomic E-state index is 0.0622. The summed E-state index contributed by atoms with van der Waals surface area (Å²) in [5, 5.41) is 2.69. The Morgan fingerprint density at radius 1 is 1.61 bits per heavy atom. The Kier molecular flexibility index (Phi) is 6.10. The molecule has 5 unspecified atom stereocenters. The maximum Gasteiger partial charge on any atom is 0.695 e. The third kappa shape index (κ3) is 4.87. The highest BCUT2D eigenvalue weighted by Crippen LogP contribution is 2.52. The van der Waals surface area contributed by atoms with E-state index in [4.69, 9.17) is 23.2 Å². The third-order valence-electron chi connectivity index (χ3n) is 2.34. The highest BCUT2D eigenvalue weighted by Gasteiger charge is 2.45. The Bertz CT molecular complexity index is 314. The van der Waals surface area contributed by atoms with E-state index in [0.717, 1.165) is 0 Å². The van der Waals surface area contributed by atoms with Gasteiger partial charge in [0.25, 0.3) is 0 Å². The Balaban J connectivity index is 2.55. The molecular formula is C7H15NO8P2+2. The molecule has 9 nitrogen and oxygen atoms in total. The maximum absolute atomic E-state index is 10.6. The van der Waals surface area contributed by atoms with Gasteiger partial charge in [-0.3, -0.25) is 0 Å². The summed E-state index contributed by atoms with van der Waals surface area (Å²) >= 11 is 0. The summed E-state index contributed by atoms with van der Waals surface area (Å²) in [7, 11) is -4.47. The van der Waals surface area contributed by atoms with Crippen LogP contribution in [0.1, 0.15) is 6.42 Å². The predicted molar refractivity (Wildman–Crippen MR) is 61.8 cm³/mol. The number of hydrogen-bond donors (Lipinski definition) is 2. The van der Waals surface area contributed by atoms with Gasteiger partial charge in [0, 0.05) is 11.0 Å². The largest absolute Gasteiger partial charge is 0.695 e. The summed E-state index contributed by atoms with van der Waals surface area (Å²) in [5.74, 6) is 0. The molecule has 0 aromatic carbocycles. The molecule has 1 fully saturated rings. The van der Waals surface area contributed by atoms with Crippen molar-refractivity contribution in [1.82, 2.24) is 0 Å². The molecule has 1 rings (SSSR count). The van der Waals surface area contributed by atoms with Gasteiger partial charge in [-0.15, -0.1) is 14.3 Å². The zero-order valence-corrected chi connectivity index (χ0v) is 11.6. The average molecular weight is 303 g/mol. The first kappa shape index (κ1) is 15.9. The van der Waals surface area contributed by atoms with E-state index in [0.29, 0.717) is 0 Å². The molecule has 5 atom stereocenters. The maximum atomic E-state index is 10.6. The molecule has 0 amide bonds. The molecule has 18 heavy (non-hydrogen) atoms. The fourth-order valence-electron chi connectivity index (χ4n) is 1.40. The summed E-state index contributed by atoms with van der Waals surface area (Å²) in [4.78, 5) is 28.6. The van der Waals surface area contributed by atoms with Gasteiger partial charge >= 0.3 is 16.2 Å². The molecule has 11 heteroatoms. The highest BCUT2D eigenvalue weighted by molar-refractivity contribution is 7.59. The quantitative estimate of drug-likeness (QED) is 0.526. The van der Waals surface area contributed by atoms with Crippen LogP contribution in [-0.4, -0.2) is 48.6 Å². The normalized spacial score (nSPS) is 32.0. The van der Waals surface area contributed by atoms with Crippen LogP contribution in [0.5, 0.6) is 0 Å². The van der Waals surface area contributed by atoms with Crippen molar-refractivity contribution < 1.29 is 32.7 Å². The SMILES string of the molecule is CO[P+](C)(O)OCC1OC(N=O)CC1O[P+](=O)O. The van der Waals surface area contributed by atoms with E-state index >= 15 is 0 Å². The van der Waals surface area contributed by atoms with Gasteiger partial charge in [0.2, 0.25) is 0 Å². The van der Waals surface area contributed by atoms with E-state index in [1.807, 2.05) is 0 Å². The molecule has 0 aliphatic carbocycles. The summed E-state index contributed by atoms with van der Waals surface area (Å²) in [6.07, 6.45) is -2.45. The lowest BCUT2D eigenvalue weighted by Crippen LogP contribution is -2.27. The van der Waals surface area contributed by atoms with Crippen molar-refractivity contribution in [3.8, 4) is 0 Å². The minimum atomic E-state index is -2.94. The van der Waals surface area contributed by atoms with Crippen LogP contribution in [-0.2, 0) is 22.9 Å². The first-order valence-corrected chi connectivity index (χ1v) is 8.14. The Morgan fingerprint density at radius 2 is 2.28 bits per heavy atom. The molecule has 0 aromatic rings. The van der Waals surface area contributed by atoms with Gasteiger partial charge in [0.05, 0.1) is 7.11 Å². The Morgan fingerprint density at radius 3 is 2.78 bits per heavy atom. The first-order chi connectivity index (χ1) is 8.38. The molecule has 0 bridgehead atoms. The summed E-state index contributed by atoms with van der Waals surface area (Å²) in [6, 6.07) is 0. The van der Waals surface area contributed by atoms with E-state index in [2.05, 4.69) is 5.18 Å². The molecule has 0 aromatic heterocycles. The first-order valence-electron chi connectivity index (χ1n) is 4.98. The average Bonchev–Trinajstić information content (AvgIpc) is 2.68. The zero-order chi connectivity index (χ0) is 13.8. The minimum Gasteiger partial charge on any atom is -0.344 e. The molecular weight excluding hydrogens is 288 g/mol. The number of rotatable bonds is 7. The van der Waals surface area contributed by atoms with Crippen LogP contribution in [0.2, 0.25) is 0 Å². The van der Waals surface area contributed by atoms with E-state index in [1.165, 1.54) is 13.8 Å². The lowest BCUT2D eigenvalue weighted by Gasteiger charge is -2.15. The van der Waals surface area contributed by atoms with Crippen LogP contribution < -0.4 is 0 Å². The van der Waals surface area contributed by atoms with Crippen molar-refractivity contribution >= 4 is 16.2 Å². The fraction of sp³-hybridized carbons (Fsp3) is 1.00. The van der Waals surface area contributed by atoms with Crippen molar-refractivity contribution in [3.63, 3.8) is 0 Å². The van der Waals surface area contributed by atoms with Crippen LogP contribution in [0.15, 0.2) is 5.18 Å². The second kappa shape index (κ2) is 6.88. The molecule has 104 valence electrons. The van der Waals surface area contributed by atoms with Crippen LogP contribution >= 0.6 is 16.2 Å². The third-order valence-corrected chi connectivity index (χ3v) is 4.10. The van der Waals surface area contributed by atoms with Crippen molar-refractivity contribution in [3.05, 3.63) is 4.91 Å². The van der Waals surface area contributed by atoms with E-state index < -0.39 is 34.6 Å². The second-order valence-corrected chi connectivity index (χ2v) is 6.55. The zero-order valence-electron chi connectivity index (χ0n) is 9.83. The summed E-state index contributed by atoms with van der Waals surface area (Å²) in [5.41, 5.74) is 0. The predicted octanol–water partition coefficient (Wildman–Crippen LogP) is 0.950. The number of nitroso groups, excluding NO2 is 1. The number of nitrogens with zero attached hydrogens (tertiary/aromatic N) is 1. The monoisotopic (exact) mass is 303 g/mol. The number of ether oxygens (including phenoxy) is 1. The van der Waals surface area contributed by atoms with E-state index in [1.54, 1.807) is 0 Å². The molecule has 2 N–H and O–H groups in total. The molecule has 0 radical (unpaired) electrons. The number of hydrogen-bond acceptors (Lipinski definition) is 8. The second-order valence-electron chi connectivity index (χ2n) is 3.63. The fourth-order valence-corrected chi connectivity index (χ4v) is 2.38. The van der Waals surface area contributed by atoms with Gasteiger partial charge < -0.3 is 4.74 Å². The topological polar surface area (TPSA) is 124 Å². The molecule has 1 heterocycles. The van der Waals surface area contributed by atoms with Crippen LogP contribution in [0.25, 0.3) is 0 Å². The van der Waals surface area contributed by atoms with E-state index in [-0.39, 0.29) is 13.0 Å². The Hall–Kier alpha value is -0.110. The van der Waals surface area contributed by atoms with Crippen LogP contribution in [0.4, 0.5) is 0 Å². The van der Waals surface area contributed by atoms with Gasteiger partial charge in [0.15, 0.2) is 6.23 Å². The molecule has 1 saturated heterocycles. The van der Waals surface area contributed by atoms with Crippen molar-refractivity contribution in [1.29, 1.82) is 0 Å². The Labute approximate surface area is 105 Å². The van der Waals surface area contributed by atoms with Gasteiger partial charge in [0.1, 0.15) is 25.5 Å².